The van der Waals surface area contributed by atoms with Crippen molar-refractivity contribution in [2.75, 3.05) is 29.6 Å². The summed E-state index contributed by atoms with van der Waals surface area (Å²) in [4.78, 5) is 15.5. The monoisotopic (exact) mass is 600 g/mol. The molecule has 3 aromatic carbocycles. The van der Waals surface area contributed by atoms with Gasteiger partial charge in [0.2, 0.25) is 10.0 Å². The smallest absolute Gasteiger partial charge is 0.280 e. The molecule has 9 heteroatoms. The van der Waals surface area contributed by atoms with E-state index in [9.17, 15) is 13.2 Å². The number of likely N-dealkylation sites (N-methyl/N-ethyl adjacent to an activating group) is 1. The van der Waals surface area contributed by atoms with Gasteiger partial charge in [-0.25, -0.2) is 13.6 Å². The van der Waals surface area contributed by atoms with Crippen molar-refractivity contribution >= 4 is 39.1 Å². The highest BCUT2D eigenvalue weighted by Crippen LogP contribution is 2.33. The van der Waals surface area contributed by atoms with Crippen LogP contribution < -0.4 is 19.8 Å². The van der Waals surface area contributed by atoms with Gasteiger partial charge >= 0.3 is 0 Å². The number of ether oxygens (including phenoxy) is 1. The number of carbonyl (C=O) groups is 1. The van der Waals surface area contributed by atoms with Crippen LogP contribution in [0.4, 0.5) is 11.4 Å². The van der Waals surface area contributed by atoms with Crippen molar-refractivity contribution in [1.29, 1.82) is 0 Å². The number of carbonyl (C=O) groups excluding carboxylic acids is 1. The van der Waals surface area contributed by atoms with Crippen LogP contribution in [0.25, 0.3) is 6.08 Å². The van der Waals surface area contributed by atoms with Gasteiger partial charge in [-0.2, -0.15) is 10.1 Å². The first-order valence-corrected chi connectivity index (χ1v) is 16.5. The Bertz CT molecular complexity index is 1620. The van der Waals surface area contributed by atoms with Gasteiger partial charge in [0.1, 0.15) is 12.4 Å². The third-order valence-electron chi connectivity index (χ3n) is 8.36. The lowest BCUT2D eigenvalue weighted by atomic mass is 9.84. The van der Waals surface area contributed by atoms with Gasteiger partial charge in [-0.15, -0.1) is 0 Å². The van der Waals surface area contributed by atoms with Gasteiger partial charge in [0.05, 0.1) is 28.4 Å². The maximum atomic E-state index is 13.2. The molecule has 3 aromatic rings. The third kappa shape index (κ3) is 7.17. The first-order chi connectivity index (χ1) is 20.6. The van der Waals surface area contributed by atoms with Crippen molar-refractivity contribution in [2.24, 2.45) is 10.2 Å². The van der Waals surface area contributed by atoms with Crippen molar-refractivity contribution in [2.45, 2.75) is 63.7 Å². The SMILES string of the molecule is CCN(CCOc1ccc(C2CCCCC2)cc1)c1ccc(/C=C2/C(=O)N(c3ccc(S(N)(=O)=O)cc3)N=C2C)c(C)c1. The molecule has 1 heterocycles. The summed E-state index contributed by atoms with van der Waals surface area (Å²) < 4.78 is 29.2. The second-order valence-electron chi connectivity index (χ2n) is 11.3. The quantitative estimate of drug-likeness (QED) is 0.271. The topological polar surface area (TPSA) is 105 Å². The van der Waals surface area contributed by atoms with E-state index in [0.29, 0.717) is 29.5 Å². The van der Waals surface area contributed by atoms with Gasteiger partial charge in [0, 0.05) is 12.2 Å². The molecule has 43 heavy (non-hydrogen) atoms. The number of anilines is 2. The number of nitrogens with zero attached hydrogens (tertiary/aromatic N) is 3. The van der Waals surface area contributed by atoms with E-state index < -0.39 is 10.0 Å². The number of rotatable bonds is 10. The Morgan fingerprint density at radius 2 is 1.70 bits per heavy atom. The van der Waals surface area contributed by atoms with Gasteiger partial charge in [0.15, 0.2) is 0 Å². The largest absolute Gasteiger partial charge is 0.492 e. The fourth-order valence-electron chi connectivity index (χ4n) is 5.83. The molecule has 226 valence electrons. The zero-order chi connectivity index (χ0) is 30.6. The number of hydrazone groups is 1. The van der Waals surface area contributed by atoms with Crippen LogP contribution in [-0.2, 0) is 14.8 Å². The number of hydrogen-bond acceptors (Lipinski definition) is 6. The summed E-state index contributed by atoms with van der Waals surface area (Å²) in [5, 5.41) is 10.9. The summed E-state index contributed by atoms with van der Waals surface area (Å²) in [5.41, 5.74) is 6.04. The van der Waals surface area contributed by atoms with Crippen LogP contribution in [-0.4, -0.2) is 39.7 Å². The molecular formula is C34H40N4O4S. The molecule has 0 bridgehead atoms. The highest BCUT2D eigenvalue weighted by molar-refractivity contribution is 7.89. The molecule has 1 fully saturated rings. The van der Waals surface area contributed by atoms with Crippen LogP contribution in [0, 0.1) is 6.92 Å². The lowest BCUT2D eigenvalue weighted by Gasteiger charge is -2.24. The lowest BCUT2D eigenvalue weighted by Crippen LogP contribution is -2.28. The second-order valence-corrected chi connectivity index (χ2v) is 12.8. The van der Waals surface area contributed by atoms with Crippen molar-refractivity contribution in [3.05, 3.63) is 89.0 Å². The minimum absolute atomic E-state index is 0.0220. The highest BCUT2D eigenvalue weighted by Gasteiger charge is 2.29. The number of benzene rings is 3. The molecular weight excluding hydrogens is 560 g/mol. The summed E-state index contributed by atoms with van der Waals surface area (Å²) in [7, 11) is -3.82. The van der Waals surface area contributed by atoms with Gasteiger partial charge in [-0.3, -0.25) is 4.79 Å². The second kappa shape index (κ2) is 13.1. The molecule has 8 nitrogen and oxygen atoms in total. The molecule has 0 spiro atoms. The molecule has 0 aromatic heterocycles. The molecule has 1 saturated carbocycles. The van der Waals surface area contributed by atoms with Crippen LogP contribution in [0.3, 0.4) is 0 Å². The summed E-state index contributed by atoms with van der Waals surface area (Å²) in [6.07, 6.45) is 8.48. The van der Waals surface area contributed by atoms with Gasteiger partial charge in [0.25, 0.3) is 5.91 Å². The van der Waals surface area contributed by atoms with E-state index in [1.54, 1.807) is 6.92 Å². The van der Waals surface area contributed by atoms with Crippen LogP contribution in [0.2, 0.25) is 0 Å². The van der Waals surface area contributed by atoms with E-state index in [2.05, 4.69) is 53.3 Å². The average Bonchev–Trinajstić information content (AvgIpc) is 3.29. The molecule has 0 atom stereocenters. The van der Waals surface area contributed by atoms with E-state index in [4.69, 9.17) is 9.88 Å². The minimum Gasteiger partial charge on any atom is -0.492 e. The van der Waals surface area contributed by atoms with E-state index in [1.807, 2.05) is 19.1 Å². The zero-order valence-corrected chi connectivity index (χ0v) is 25.9. The van der Waals surface area contributed by atoms with Crippen LogP contribution in [0.1, 0.15) is 68.6 Å². The predicted octanol–water partition coefficient (Wildman–Crippen LogP) is 6.40. The highest BCUT2D eigenvalue weighted by atomic mass is 32.2. The Kier molecular flexibility index (Phi) is 9.32. The van der Waals surface area contributed by atoms with E-state index in [0.717, 1.165) is 35.7 Å². The van der Waals surface area contributed by atoms with Crippen molar-refractivity contribution in [1.82, 2.24) is 0 Å². The molecule has 0 radical (unpaired) electrons. The number of amides is 1. The van der Waals surface area contributed by atoms with Crippen molar-refractivity contribution < 1.29 is 17.9 Å². The predicted molar refractivity (Wildman–Crippen MR) is 173 cm³/mol. The fraction of sp³-hybridized carbons (Fsp3) is 0.353. The van der Waals surface area contributed by atoms with E-state index in [-0.39, 0.29) is 10.8 Å². The summed E-state index contributed by atoms with van der Waals surface area (Å²) >= 11 is 0. The maximum absolute atomic E-state index is 13.2. The Balaban J connectivity index is 1.21. The van der Waals surface area contributed by atoms with Crippen LogP contribution in [0.5, 0.6) is 5.75 Å². The standard InChI is InChI=1S/C34H40N4O4S/c1-4-37(20-21-42-31-16-11-27(12-17-31)26-8-6-5-7-9-26)30-13-10-28(24(2)22-30)23-33-25(3)36-38(34(33)39)29-14-18-32(19-15-29)43(35,40)41/h10-19,22-23,26H,4-9,20-21H2,1-3H3,(H2,35,40,41)/b33-23+. The van der Waals surface area contributed by atoms with Gasteiger partial charge < -0.3 is 9.64 Å². The number of aryl methyl sites for hydroxylation is 1. The summed E-state index contributed by atoms with van der Waals surface area (Å²) in [6, 6.07) is 20.6. The molecule has 2 aliphatic rings. The zero-order valence-electron chi connectivity index (χ0n) is 25.1. The summed E-state index contributed by atoms with van der Waals surface area (Å²) in [6.45, 7) is 8.13. The Hall–Kier alpha value is -3.95. The normalized spacial score (nSPS) is 16.9. The van der Waals surface area contributed by atoms with Crippen molar-refractivity contribution in [3.8, 4) is 5.75 Å². The first-order valence-electron chi connectivity index (χ1n) is 15.0. The molecule has 0 saturated heterocycles. The first kappa shape index (κ1) is 30.5. The van der Waals surface area contributed by atoms with Crippen molar-refractivity contribution in [3.63, 3.8) is 0 Å². The molecule has 1 aliphatic carbocycles. The lowest BCUT2D eigenvalue weighted by molar-refractivity contribution is -0.114. The third-order valence-corrected chi connectivity index (χ3v) is 9.29. The Morgan fingerprint density at radius 1 is 1.00 bits per heavy atom. The molecule has 1 aliphatic heterocycles. The number of primary sulfonamides is 1. The average molecular weight is 601 g/mol. The maximum Gasteiger partial charge on any atom is 0.280 e. The molecule has 5 rings (SSSR count). The molecule has 1 amide bonds. The summed E-state index contributed by atoms with van der Waals surface area (Å²) in [5.74, 6) is 1.32. The fourth-order valence-corrected chi connectivity index (χ4v) is 6.34. The minimum atomic E-state index is -3.82. The number of sulfonamides is 1. The number of nitrogens with two attached hydrogens (primary N) is 1. The molecule has 0 unspecified atom stereocenters. The van der Waals surface area contributed by atoms with Gasteiger partial charge in [-0.1, -0.05) is 37.5 Å². The molecule has 2 N–H and O–H groups in total. The Morgan fingerprint density at radius 3 is 2.33 bits per heavy atom. The van der Waals surface area contributed by atoms with Gasteiger partial charge in [-0.05, 0) is 111 Å². The van der Waals surface area contributed by atoms with Crippen LogP contribution in [0.15, 0.2) is 82.3 Å². The Labute approximate surface area is 254 Å². The van der Waals surface area contributed by atoms with E-state index >= 15 is 0 Å². The number of hydrogen-bond donors (Lipinski definition) is 1. The van der Waals surface area contributed by atoms with Crippen LogP contribution >= 0.6 is 0 Å². The van der Waals surface area contributed by atoms with E-state index in [1.165, 1.54) is 66.9 Å².